The van der Waals surface area contributed by atoms with Crippen LogP contribution in [0.2, 0.25) is 0 Å². The van der Waals surface area contributed by atoms with Crippen molar-refractivity contribution in [1.29, 1.82) is 0 Å². The zero-order valence-corrected chi connectivity index (χ0v) is 10.9. The number of rotatable bonds is 5. The van der Waals surface area contributed by atoms with Crippen LogP contribution >= 0.6 is 0 Å². The van der Waals surface area contributed by atoms with E-state index in [9.17, 15) is 14.4 Å². The van der Waals surface area contributed by atoms with Crippen LogP contribution in [-0.2, 0) is 4.79 Å². The van der Waals surface area contributed by atoms with Gasteiger partial charge in [-0.1, -0.05) is 12.1 Å². The van der Waals surface area contributed by atoms with Crippen LogP contribution in [0.5, 0.6) is 0 Å². The van der Waals surface area contributed by atoms with Crippen LogP contribution in [0.15, 0.2) is 24.3 Å². The first-order valence-corrected chi connectivity index (χ1v) is 5.95. The number of hydrogen-bond acceptors (Lipinski definition) is 4. The molecule has 1 aromatic carbocycles. The number of Topliss-reactive ketones (excluding diaryl/α,β-unsaturated/α-hetero) is 1. The van der Waals surface area contributed by atoms with Gasteiger partial charge in [-0.25, -0.2) is 4.79 Å². The van der Waals surface area contributed by atoms with E-state index in [1.807, 2.05) is 0 Å². The molecule has 6 nitrogen and oxygen atoms in total. The monoisotopic (exact) mass is 263 g/mol. The predicted molar refractivity (Wildman–Crippen MR) is 72.2 cm³/mol. The molecule has 0 heterocycles. The summed E-state index contributed by atoms with van der Waals surface area (Å²) in [5.74, 6) is -0.491. The van der Waals surface area contributed by atoms with E-state index in [-0.39, 0.29) is 12.3 Å². The van der Waals surface area contributed by atoms with Gasteiger partial charge in [-0.2, -0.15) is 0 Å². The molecule has 0 spiro atoms. The van der Waals surface area contributed by atoms with Gasteiger partial charge < -0.3 is 10.6 Å². The summed E-state index contributed by atoms with van der Waals surface area (Å²) in [7, 11) is 0. The van der Waals surface area contributed by atoms with Crippen LogP contribution in [0.4, 0.5) is 10.5 Å². The zero-order valence-electron chi connectivity index (χ0n) is 10.9. The molecule has 0 bridgehead atoms. The lowest BCUT2D eigenvalue weighted by Gasteiger charge is -2.08. The fraction of sp³-hybridized carbons (Fsp3) is 0.308. The van der Waals surface area contributed by atoms with E-state index in [0.717, 1.165) is 0 Å². The highest BCUT2D eigenvalue weighted by Gasteiger charge is 2.06. The SMILES string of the molecule is CCNC(=O)NC(=O)CNc1cccc(C(C)=O)c1. The van der Waals surface area contributed by atoms with Gasteiger partial charge in [0.25, 0.3) is 0 Å². The van der Waals surface area contributed by atoms with E-state index < -0.39 is 11.9 Å². The van der Waals surface area contributed by atoms with Crippen LogP contribution in [0, 0.1) is 0 Å². The standard InChI is InChI=1S/C13H17N3O3/c1-3-14-13(19)16-12(18)8-15-11-6-4-5-10(7-11)9(2)17/h4-7,15H,3,8H2,1-2H3,(H2,14,16,18,19). The topological polar surface area (TPSA) is 87.3 Å². The minimum absolute atomic E-state index is 0.0432. The Morgan fingerprint density at radius 2 is 1.95 bits per heavy atom. The van der Waals surface area contributed by atoms with E-state index in [1.54, 1.807) is 31.2 Å². The Hall–Kier alpha value is -2.37. The number of carbonyl (C=O) groups excluding carboxylic acids is 3. The van der Waals surface area contributed by atoms with Gasteiger partial charge in [-0.15, -0.1) is 0 Å². The lowest BCUT2D eigenvalue weighted by molar-refractivity contribution is -0.118. The summed E-state index contributed by atoms with van der Waals surface area (Å²) >= 11 is 0. The summed E-state index contributed by atoms with van der Waals surface area (Å²) in [6.45, 7) is 3.64. The number of amides is 3. The molecule has 1 aromatic rings. The van der Waals surface area contributed by atoms with Crippen molar-refractivity contribution < 1.29 is 14.4 Å². The molecule has 0 aliphatic heterocycles. The smallest absolute Gasteiger partial charge is 0.321 e. The van der Waals surface area contributed by atoms with Crippen molar-refractivity contribution in [3.8, 4) is 0 Å². The molecule has 3 amide bonds. The van der Waals surface area contributed by atoms with Crippen molar-refractivity contribution in [3.05, 3.63) is 29.8 Å². The van der Waals surface area contributed by atoms with Gasteiger partial charge in [0.05, 0.1) is 6.54 Å². The molecule has 6 heteroatoms. The molecule has 0 atom stereocenters. The van der Waals surface area contributed by atoms with Crippen LogP contribution in [0.25, 0.3) is 0 Å². The molecule has 0 radical (unpaired) electrons. The Balaban J connectivity index is 2.48. The summed E-state index contributed by atoms with van der Waals surface area (Å²) < 4.78 is 0. The summed E-state index contributed by atoms with van der Waals surface area (Å²) in [6.07, 6.45) is 0. The molecule has 0 fully saturated rings. The average molecular weight is 263 g/mol. The van der Waals surface area contributed by atoms with Gasteiger partial charge in [0.2, 0.25) is 5.91 Å². The maximum absolute atomic E-state index is 11.4. The molecule has 0 aliphatic carbocycles. The fourth-order valence-corrected chi connectivity index (χ4v) is 1.41. The van der Waals surface area contributed by atoms with Crippen molar-refractivity contribution in [2.24, 2.45) is 0 Å². The van der Waals surface area contributed by atoms with Gasteiger partial charge in [-0.05, 0) is 26.0 Å². The summed E-state index contributed by atoms with van der Waals surface area (Å²) in [4.78, 5) is 33.7. The Morgan fingerprint density at radius 1 is 1.21 bits per heavy atom. The highest BCUT2D eigenvalue weighted by molar-refractivity contribution is 5.97. The lowest BCUT2D eigenvalue weighted by Crippen LogP contribution is -2.41. The number of carbonyl (C=O) groups is 3. The van der Waals surface area contributed by atoms with Gasteiger partial charge >= 0.3 is 6.03 Å². The Labute approximate surface area is 111 Å². The van der Waals surface area contributed by atoms with Crippen LogP contribution < -0.4 is 16.0 Å². The Bertz CT molecular complexity index is 486. The molecule has 0 saturated carbocycles. The largest absolute Gasteiger partial charge is 0.376 e. The van der Waals surface area contributed by atoms with E-state index in [2.05, 4.69) is 16.0 Å². The summed E-state index contributed by atoms with van der Waals surface area (Å²) in [5.41, 5.74) is 1.22. The molecular weight excluding hydrogens is 246 g/mol. The van der Waals surface area contributed by atoms with Gasteiger partial charge in [0.15, 0.2) is 5.78 Å². The number of ketones is 1. The van der Waals surface area contributed by atoms with Crippen molar-refractivity contribution in [2.75, 3.05) is 18.4 Å². The molecular formula is C13H17N3O3. The average Bonchev–Trinajstić information content (AvgIpc) is 2.37. The number of urea groups is 1. The van der Waals surface area contributed by atoms with E-state index in [0.29, 0.717) is 17.8 Å². The second-order valence-corrected chi connectivity index (χ2v) is 3.90. The van der Waals surface area contributed by atoms with Crippen LogP contribution in [-0.4, -0.2) is 30.8 Å². The maximum atomic E-state index is 11.4. The van der Waals surface area contributed by atoms with E-state index in [1.165, 1.54) is 6.92 Å². The first-order chi connectivity index (χ1) is 9.02. The van der Waals surface area contributed by atoms with E-state index >= 15 is 0 Å². The second-order valence-electron chi connectivity index (χ2n) is 3.90. The summed E-state index contributed by atoms with van der Waals surface area (Å²) in [6, 6.07) is 6.29. The highest BCUT2D eigenvalue weighted by atomic mass is 16.2. The fourth-order valence-electron chi connectivity index (χ4n) is 1.41. The number of imide groups is 1. The van der Waals surface area contributed by atoms with Gasteiger partial charge in [0.1, 0.15) is 0 Å². The first-order valence-electron chi connectivity index (χ1n) is 5.95. The minimum atomic E-state index is -0.521. The number of nitrogens with one attached hydrogen (secondary N) is 3. The predicted octanol–water partition coefficient (Wildman–Crippen LogP) is 1.15. The van der Waals surface area contributed by atoms with Crippen molar-refractivity contribution in [3.63, 3.8) is 0 Å². The first kappa shape index (κ1) is 14.7. The van der Waals surface area contributed by atoms with E-state index in [4.69, 9.17) is 0 Å². The van der Waals surface area contributed by atoms with Gasteiger partial charge in [-0.3, -0.25) is 14.9 Å². The third-order valence-corrected chi connectivity index (χ3v) is 2.31. The molecule has 0 aromatic heterocycles. The number of hydrogen-bond donors (Lipinski definition) is 3. The summed E-state index contributed by atoms with van der Waals surface area (Å²) in [5, 5.41) is 7.47. The zero-order chi connectivity index (χ0) is 14.3. The normalized spacial score (nSPS) is 9.58. The molecule has 3 N–H and O–H groups in total. The molecule has 102 valence electrons. The minimum Gasteiger partial charge on any atom is -0.376 e. The van der Waals surface area contributed by atoms with Crippen molar-refractivity contribution >= 4 is 23.4 Å². The third kappa shape index (κ3) is 5.20. The number of benzene rings is 1. The molecule has 1 rings (SSSR count). The number of anilines is 1. The second kappa shape index (κ2) is 7.15. The van der Waals surface area contributed by atoms with Gasteiger partial charge in [0, 0.05) is 17.8 Å². The maximum Gasteiger partial charge on any atom is 0.321 e. The molecule has 0 saturated heterocycles. The molecule has 0 aliphatic rings. The molecule has 19 heavy (non-hydrogen) atoms. The van der Waals surface area contributed by atoms with Crippen molar-refractivity contribution in [1.82, 2.24) is 10.6 Å². The Morgan fingerprint density at radius 3 is 2.58 bits per heavy atom. The van der Waals surface area contributed by atoms with Crippen molar-refractivity contribution in [2.45, 2.75) is 13.8 Å². The van der Waals surface area contributed by atoms with Crippen LogP contribution in [0.3, 0.4) is 0 Å². The highest BCUT2D eigenvalue weighted by Crippen LogP contribution is 2.10. The Kier molecular flexibility index (Phi) is 5.53. The third-order valence-electron chi connectivity index (χ3n) is 2.31. The quantitative estimate of drug-likeness (QED) is 0.695. The molecule has 0 unspecified atom stereocenters. The van der Waals surface area contributed by atoms with Crippen LogP contribution in [0.1, 0.15) is 24.2 Å². The lowest BCUT2D eigenvalue weighted by atomic mass is 10.1.